The van der Waals surface area contributed by atoms with Gasteiger partial charge in [0.05, 0.1) is 18.1 Å². The Kier molecular flexibility index (Phi) is 7.47. The van der Waals surface area contributed by atoms with Gasteiger partial charge in [-0.2, -0.15) is 4.31 Å². The van der Waals surface area contributed by atoms with Crippen molar-refractivity contribution in [1.82, 2.24) is 4.31 Å². The van der Waals surface area contributed by atoms with E-state index in [1.165, 1.54) is 16.4 Å². The normalized spacial score (nSPS) is 16.1. The molecular weight excluding hydrogens is 404 g/mol. The van der Waals surface area contributed by atoms with Gasteiger partial charge in [-0.05, 0) is 48.2 Å². The second kappa shape index (κ2) is 10.1. The number of ether oxygens (including phenoxy) is 2. The van der Waals surface area contributed by atoms with Crippen LogP contribution in [0.4, 0.5) is 5.69 Å². The van der Waals surface area contributed by atoms with E-state index in [0.717, 1.165) is 12.0 Å². The van der Waals surface area contributed by atoms with Crippen LogP contribution in [0.1, 0.15) is 31.7 Å². The first-order valence-electron chi connectivity index (χ1n) is 10.1. The largest absolute Gasteiger partial charge is 0.483 e. The van der Waals surface area contributed by atoms with Gasteiger partial charge in [0.15, 0.2) is 6.61 Å². The third-order valence-corrected chi connectivity index (χ3v) is 7.08. The number of anilines is 1. The number of nitrogens with zero attached hydrogens (tertiary/aromatic N) is 1. The maximum atomic E-state index is 12.7. The third kappa shape index (κ3) is 5.38. The fraction of sp³-hybridized carbons (Fsp3) is 0.409. The van der Waals surface area contributed by atoms with E-state index >= 15 is 0 Å². The predicted octanol–water partition coefficient (Wildman–Crippen LogP) is 3.24. The summed E-state index contributed by atoms with van der Waals surface area (Å²) in [7, 11) is -3.55. The van der Waals surface area contributed by atoms with Gasteiger partial charge >= 0.3 is 0 Å². The van der Waals surface area contributed by atoms with Crippen LogP contribution in [-0.2, 0) is 19.6 Å². The summed E-state index contributed by atoms with van der Waals surface area (Å²) in [6, 6.07) is 13.9. The second-order valence-electron chi connectivity index (χ2n) is 7.22. The first-order valence-corrected chi connectivity index (χ1v) is 11.6. The summed E-state index contributed by atoms with van der Waals surface area (Å²) in [5, 5.41) is 2.74. The molecule has 7 nitrogen and oxygen atoms in total. The highest BCUT2D eigenvalue weighted by Crippen LogP contribution is 2.28. The zero-order valence-electron chi connectivity index (χ0n) is 17.3. The topological polar surface area (TPSA) is 84.9 Å². The Labute approximate surface area is 178 Å². The third-order valence-electron chi connectivity index (χ3n) is 5.17. The van der Waals surface area contributed by atoms with Crippen molar-refractivity contribution in [3.63, 3.8) is 0 Å². The smallest absolute Gasteiger partial charge is 0.262 e. The van der Waals surface area contributed by atoms with Crippen molar-refractivity contribution in [2.24, 2.45) is 0 Å². The molecule has 0 saturated carbocycles. The number of carbonyl (C=O) groups is 1. The first kappa shape index (κ1) is 22.3. The van der Waals surface area contributed by atoms with Crippen molar-refractivity contribution in [3.05, 3.63) is 54.1 Å². The Morgan fingerprint density at radius 3 is 2.47 bits per heavy atom. The Hall–Kier alpha value is -2.42. The number of hydrogen-bond donors (Lipinski definition) is 1. The molecule has 30 heavy (non-hydrogen) atoms. The van der Waals surface area contributed by atoms with Crippen LogP contribution in [0.5, 0.6) is 5.75 Å². The van der Waals surface area contributed by atoms with Gasteiger partial charge in [-0.1, -0.05) is 32.0 Å². The molecule has 2 aromatic carbocycles. The van der Waals surface area contributed by atoms with Crippen LogP contribution < -0.4 is 10.1 Å². The average molecular weight is 433 g/mol. The van der Waals surface area contributed by atoms with Crippen molar-refractivity contribution < 1.29 is 22.7 Å². The number of benzene rings is 2. The molecule has 1 saturated heterocycles. The number of sulfonamides is 1. The lowest BCUT2D eigenvalue weighted by Crippen LogP contribution is -2.40. The molecular formula is C22H28N2O5S. The van der Waals surface area contributed by atoms with Gasteiger partial charge in [-0.15, -0.1) is 0 Å². The lowest BCUT2D eigenvalue weighted by Gasteiger charge is -2.26. The van der Waals surface area contributed by atoms with Crippen molar-refractivity contribution in [1.29, 1.82) is 0 Å². The molecule has 1 unspecified atom stereocenters. The van der Waals surface area contributed by atoms with Gasteiger partial charge in [-0.25, -0.2) is 8.42 Å². The number of hydrogen-bond acceptors (Lipinski definition) is 5. The van der Waals surface area contributed by atoms with Crippen molar-refractivity contribution >= 4 is 21.6 Å². The van der Waals surface area contributed by atoms with Gasteiger partial charge < -0.3 is 14.8 Å². The van der Waals surface area contributed by atoms with E-state index in [1.54, 1.807) is 12.1 Å². The molecule has 8 heteroatoms. The van der Waals surface area contributed by atoms with E-state index in [2.05, 4.69) is 19.2 Å². The standard InChI is InChI=1S/C22H28N2O5S/c1-3-17(2)20-6-4-5-7-21(20)29-16-22(25)23-18-8-10-19(11-9-18)30(26,27)24-12-14-28-15-13-24/h4-11,17H,3,12-16H2,1-2H3,(H,23,25). The van der Waals surface area contributed by atoms with E-state index in [9.17, 15) is 13.2 Å². The molecule has 1 aliphatic heterocycles. The summed E-state index contributed by atoms with van der Waals surface area (Å²) in [6.45, 7) is 5.58. The highest BCUT2D eigenvalue weighted by atomic mass is 32.2. The van der Waals surface area contributed by atoms with Gasteiger partial charge in [0, 0.05) is 18.8 Å². The molecule has 1 atom stereocenters. The van der Waals surface area contributed by atoms with E-state index in [-0.39, 0.29) is 17.4 Å². The summed E-state index contributed by atoms with van der Waals surface area (Å²) in [5.41, 5.74) is 1.59. The molecule has 1 aliphatic rings. The van der Waals surface area contributed by atoms with E-state index in [0.29, 0.717) is 43.7 Å². The molecule has 3 rings (SSSR count). The Balaban J connectivity index is 1.59. The molecule has 1 heterocycles. The minimum atomic E-state index is -3.55. The Morgan fingerprint density at radius 2 is 1.80 bits per heavy atom. The number of rotatable bonds is 8. The van der Waals surface area contributed by atoms with Crippen LogP contribution in [0.15, 0.2) is 53.4 Å². The zero-order chi connectivity index (χ0) is 21.6. The molecule has 0 aliphatic carbocycles. The van der Waals surface area contributed by atoms with Crippen molar-refractivity contribution in [2.45, 2.75) is 31.1 Å². The monoisotopic (exact) mass is 432 g/mol. The maximum absolute atomic E-state index is 12.7. The molecule has 162 valence electrons. The summed E-state index contributed by atoms with van der Waals surface area (Å²) in [5.74, 6) is 0.733. The lowest BCUT2D eigenvalue weighted by molar-refractivity contribution is -0.118. The SMILES string of the molecule is CCC(C)c1ccccc1OCC(=O)Nc1ccc(S(=O)(=O)N2CCOCC2)cc1. The summed E-state index contributed by atoms with van der Waals surface area (Å²) in [6.07, 6.45) is 0.978. The molecule has 0 radical (unpaired) electrons. The highest BCUT2D eigenvalue weighted by Gasteiger charge is 2.26. The predicted molar refractivity (Wildman–Crippen MR) is 115 cm³/mol. The van der Waals surface area contributed by atoms with E-state index in [1.807, 2.05) is 24.3 Å². The Bertz CT molecular complexity index is 954. The minimum absolute atomic E-state index is 0.124. The number of morpholine rings is 1. The summed E-state index contributed by atoms with van der Waals surface area (Å²) < 4.78 is 37.7. The molecule has 1 fully saturated rings. The molecule has 0 spiro atoms. The van der Waals surface area contributed by atoms with Crippen LogP contribution in [0, 0.1) is 0 Å². The van der Waals surface area contributed by atoms with Gasteiger partial charge in [0.2, 0.25) is 10.0 Å². The maximum Gasteiger partial charge on any atom is 0.262 e. The fourth-order valence-electron chi connectivity index (χ4n) is 3.23. The van der Waals surface area contributed by atoms with Crippen LogP contribution in [0.25, 0.3) is 0 Å². The quantitative estimate of drug-likeness (QED) is 0.692. The van der Waals surface area contributed by atoms with Crippen LogP contribution in [-0.4, -0.2) is 51.5 Å². The number of para-hydroxylation sites is 1. The zero-order valence-corrected chi connectivity index (χ0v) is 18.2. The van der Waals surface area contributed by atoms with Crippen molar-refractivity contribution in [3.8, 4) is 5.75 Å². The number of amides is 1. The van der Waals surface area contributed by atoms with E-state index < -0.39 is 10.0 Å². The van der Waals surface area contributed by atoms with Crippen molar-refractivity contribution in [2.75, 3.05) is 38.2 Å². The highest BCUT2D eigenvalue weighted by molar-refractivity contribution is 7.89. The molecule has 1 N–H and O–H groups in total. The fourth-order valence-corrected chi connectivity index (χ4v) is 4.63. The number of nitrogens with one attached hydrogen (secondary N) is 1. The van der Waals surface area contributed by atoms with Crippen LogP contribution in [0.2, 0.25) is 0 Å². The Morgan fingerprint density at radius 1 is 1.13 bits per heavy atom. The first-order chi connectivity index (χ1) is 14.4. The van der Waals surface area contributed by atoms with E-state index in [4.69, 9.17) is 9.47 Å². The summed E-state index contributed by atoms with van der Waals surface area (Å²) in [4.78, 5) is 12.5. The molecule has 0 bridgehead atoms. The van der Waals surface area contributed by atoms with Gasteiger partial charge in [0.1, 0.15) is 5.75 Å². The summed E-state index contributed by atoms with van der Waals surface area (Å²) >= 11 is 0. The van der Waals surface area contributed by atoms with Crippen LogP contribution >= 0.6 is 0 Å². The lowest BCUT2D eigenvalue weighted by atomic mass is 9.98. The van der Waals surface area contributed by atoms with Crippen LogP contribution in [0.3, 0.4) is 0 Å². The second-order valence-corrected chi connectivity index (χ2v) is 9.16. The molecule has 0 aromatic heterocycles. The number of carbonyl (C=O) groups excluding carboxylic acids is 1. The van der Waals surface area contributed by atoms with Gasteiger partial charge in [0.25, 0.3) is 5.91 Å². The minimum Gasteiger partial charge on any atom is -0.483 e. The average Bonchev–Trinajstić information content (AvgIpc) is 2.78. The van der Waals surface area contributed by atoms with Gasteiger partial charge in [-0.3, -0.25) is 4.79 Å². The molecule has 2 aromatic rings. The molecule has 1 amide bonds.